The molecule has 0 N–H and O–H groups in total. The molecule has 1 aliphatic carbocycles. The molecule has 0 aromatic heterocycles. The molecule has 18 heavy (non-hydrogen) atoms. The highest BCUT2D eigenvalue weighted by molar-refractivity contribution is 5.91. The van der Waals surface area contributed by atoms with Crippen LogP contribution in [0, 0.1) is 0 Å². The molecule has 0 atom stereocenters. The number of Topliss-reactive ketones (excluding diaryl/α,β-unsaturated/α-hetero) is 1. The minimum Gasteiger partial charge on any atom is -0.300 e. The van der Waals surface area contributed by atoms with E-state index in [9.17, 15) is 18.0 Å². The Morgan fingerprint density at radius 1 is 1.33 bits per heavy atom. The van der Waals surface area contributed by atoms with E-state index < -0.39 is 11.7 Å². The van der Waals surface area contributed by atoms with Crippen molar-refractivity contribution in [1.29, 1.82) is 0 Å². The van der Waals surface area contributed by atoms with E-state index in [0.717, 1.165) is 28.8 Å². The van der Waals surface area contributed by atoms with Crippen LogP contribution < -0.4 is 0 Å². The molecule has 0 spiro atoms. The number of carbonyl (C=O) groups excluding carboxylic acids is 1. The van der Waals surface area contributed by atoms with Crippen LogP contribution in [0.4, 0.5) is 13.2 Å². The third kappa shape index (κ3) is 2.33. The van der Waals surface area contributed by atoms with Gasteiger partial charge in [-0.1, -0.05) is 11.6 Å². The molecular formula is C14H13F3O. The SMILES string of the molecule is CC(=O)CC1=C(C)Cc2ccc(C(F)(F)F)cc21. The lowest BCUT2D eigenvalue weighted by molar-refractivity contribution is -0.137. The molecule has 4 heteroatoms. The van der Waals surface area contributed by atoms with Gasteiger partial charge in [-0.25, -0.2) is 0 Å². The molecule has 1 nitrogen and oxygen atoms in total. The summed E-state index contributed by atoms with van der Waals surface area (Å²) >= 11 is 0. The maximum absolute atomic E-state index is 12.7. The van der Waals surface area contributed by atoms with E-state index in [1.807, 2.05) is 6.92 Å². The summed E-state index contributed by atoms with van der Waals surface area (Å²) in [6, 6.07) is 3.77. The molecule has 0 fully saturated rings. The van der Waals surface area contributed by atoms with Gasteiger partial charge in [0.15, 0.2) is 0 Å². The first-order valence-corrected chi connectivity index (χ1v) is 5.67. The quantitative estimate of drug-likeness (QED) is 0.779. The van der Waals surface area contributed by atoms with Gasteiger partial charge >= 0.3 is 6.18 Å². The van der Waals surface area contributed by atoms with E-state index in [2.05, 4.69) is 0 Å². The minimum absolute atomic E-state index is 0.0328. The van der Waals surface area contributed by atoms with Gasteiger partial charge in [0.25, 0.3) is 0 Å². The van der Waals surface area contributed by atoms with Gasteiger partial charge in [-0.3, -0.25) is 4.79 Å². The molecular weight excluding hydrogens is 241 g/mol. The number of hydrogen-bond acceptors (Lipinski definition) is 1. The maximum atomic E-state index is 12.7. The molecule has 0 saturated heterocycles. The van der Waals surface area contributed by atoms with Crippen molar-refractivity contribution in [2.24, 2.45) is 0 Å². The largest absolute Gasteiger partial charge is 0.416 e. The molecule has 0 amide bonds. The highest BCUT2D eigenvalue weighted by Gasteiger charge is 2.32. The van der Waals surface area contributed by atoms with Crippen LogP contribution in [0.25, 0.3) is 5.57 Å². The van der Waals surface area contributed by atoms with E-state index >= 15 is 0 Å². The lowest BCUT2D eigenvalue weighted by Gasteiger charge is -2.10. The minimum atomic E-state index is -4.34. The van der Waals surface area contributed by atoms with Crippen molar-refractivity contribution in [3.8, 4) is 0 Å². The zero-order chi connectivity index (χ0) is 13.5. The van der Waals surface area contributed by atoms with Crippen molar-refractivity contribution in [3.63, 3.8) is 0 Å². The van der Waals surface area contributed by atoms with Crippen molar-refractivity contribution in [1.82, 2.24) is 0 Å². The molecule has 0 unspecified atom stereocenters. The summed E-state index contributed by atoms with van der Waals surface area (Å²) in [5.41, 5.74) is 2.54. The highest BCUT2D eigenvalue weighted by Crippen LogP contribution is 2.39. The lowest BCUT2D eigenvalue weighted by atomic mass is 9.98. The third-order valence-corrected chi connectivity index (χ3v) is 3.16. The fourth-order valence-electron chi connectivity index (χ4n) is 2.31. The van der Waals surface area contributed by atoms with Crippen LogP contribution in [-0.2, 0) is 17.4 Å². The Labute approximate surface area is 103 Å². The Bertz CT molecular complexity index is 538. The highest BCUT2D eigenvalue weighted by atomic mass is 19.4. The van der Waals surface area contributed by atoms with Gasteiger partial charge < -0.3 is 0 Å². The second-order valence-electron chi connectivity index (χ2n) is 4.68. The Balaban J connectivity index is 2.47. The summed E-state index contributed by atoms with van der Waals surface area (Å²) in [5, 5.41) is 0. The summed E-state index contributed by atoms with van der Waals surface area (Å²) in [5.74, 6) is -0.0328. The number of hydrogen-bond donors (Lipinski definition) is 0. The van der Waals surface area contributed by atoms with Crippen molar-refractivity contribution < 1.29 is 18.0 Å². The van der Waals surface area contributed by atoms with Gasteiger partial charge in [0.05, 0.1) is 5.56 Å². The molecule has 0 bridgehead atoms. The smallest absolute Gasteiger partial charge is 0.300 e. The second-order valence-corrected chi connectivity index (χ2v) is 4.68. The predicted molar refractivity (Wildman–Crippen MR) is 63.0 cm³/mol. The Hall–Kier alpha value is -1.58. The summed E-state index contributed by atoms with van der Waals surface area (Å²) in [4.78, 5) is 11.2. The van der Waals surface area contributed by atoms with Crippen LogP contribution in [0.2, 0.25) is 0 Å². The lowest BCUT2D eigenvalue weighted by Crippen LogP contribution is -2.06. The van der Waals surface area contributed by atoms with Gasteiger partial charge in [-0.2, -0.15) is 13.2 Å². The first kappa shape index (κ1) is 12.9. The van der Waals surface area contributed by atoms with Crippen molar-refractivity contribution >= 4 is 11.4 Å². The molecule has 0 radical (unpaired) electrons. The van der Waals surface area contributed by atoms with Crippen LogP contribution in [-0.4, -0.2) is 5.78 Å². The van der Waals surface area contributed by atoms with Crippen molar-refractivity contribution in [3.05, 3.63) is 40.5 Å². The standard InChI is InChI=1S/C14H13F3O/c1-8-5-10-3-4-11(14(15,16)17)7-13(10)12(8)6-9(2)18/h3-4,7H,5-6H2,1-2H3. The average molecular weight is 254 g/mol. The van der Waals surface area contributed by atoms with Crippen LogP contribution in [0.3, 0.4) is 0 Å². The first-order valence-electron chi connectivity index (χ1n) is 5.67. The van der Waals surface area contributed by atoms with Crippen LogP contribution in [0.1, 0.15) is 37.0 Å². The third-order valence-electron chi connectivity index (χ3n) is 3.16. The van der Waals surface area contributed by atoms with Gasteiger partial charge in [0.2, 0.25) is 0 Å². The molecule has 0 heterocycles. The van der Waals surface area contributed by atoms with Gasteiger partial charge in [-0.15, -0.1) is 0 Å². The summed E-state index contributed by atoms with van der Waals surface area (Å²) in [6.45, 7) is 3.32. The molecule has 96 valence electrons. The Morgan fingerprint density at radius 3 is 2.56 bits per heavy atom. The van der Waals surface area contributed by atoms with Crippen molar-refractivity contribution in [2.75, 3.05) is 0 Å². The zero-order valence-corrected chi connectivity index (χ0v) is 10.2. The monoisotopic (exact) mass is 254 g/mol. The molecule has 2 rings (SSSR count). The Morgan fingerprint density at radius 2 is 2.00 bits per heavy atom. The summed E-state index contributed by atoms with van der Waals surface area (Å²) in [6.07, 6.45) is -3.50. The fraction of sp³-hybridized carbons (Fsp3) is 0.357. The second kappa shape index (κ2) is 4.26. The van der Waals surface area contributed by atoms with Gasteiger partial charge in [-0.05, 0) is 49.1 Å². The first-order chi connectivity index (χ1) is 8.29. The van der Waals surface area contributed by atoms with Crippen molar-refractivity contribution in [2.45, 2.75) is 32.9 Å². The number of alkyl halides is 3. The van der Waals surface area contributed by atoms with E-state index in [1.165, 1.54) is 13.0 Å². The van der Waals surface area contributed by atoms with Crippen LogP contribution in [0.15, 0.2) is 23.8 Å². The van der Waals surface area contributed by atoms with E-state index in [-0.39, 0.29) is 12.2 Å². The zero-order valence-electron chi connectivity index (χ0n) is 10.2. The van der Waals surface area contributed by atoms with Crippen LogP contribution in [0.5, 0.6) is 0 Å². The summed E-state index contributed by atoms with van der Waals surface area (Å²) < 4.78 is 38.0. The number of carbonyl (C=O) groups is 1. The van der Waals surface area contributed by atoms with Crippen LogP contribution >= 0.6 is 0 Å². The number of benzene rings is 1. The van der Waals surface area contributed by atoms with E-state index in [0.29, 0.717) is 12.0 Å². The molecule has 1 aromatic carbocycles. The molecule has 0 saturated carbocycles. The topological polar surface area (TPSA) is 17.1 Å². The number of halogens is 3. The van der Waals surface area contributed by atoms with E-state index in [1.54, 1.807) is 0 Å². The summed E-state index contributed by atoms with van der Waals surface area (Å²) in [7, 11) is 0. The maximum Gasteiger partial charge on any atom is 0.416 e. The van der Waals surface area contributed by atoms with Gasteiger partial charge in [0.1, 0.15) is 5.78 Å². The Kier molecular flexibility index (Phi) is 3.05. The number of allylic oxidation sites excluding steroid dienone is 2. The van der Waals surface area contributed by atoms with E-state index in [4.69, 9.17) is 0 Å². The fourth-order valence-corrected chi connectivity index (χ4v) is 2.31. The number of rotatable bonds is 2. The average Bonchev–Trinajstić information content (AvgIpc) is 2.53. The molecule has 1 aromatic rings. The number of ketones is 1. The molecule has 1 aliphatic rings. The molecule has 0 aliphatic heterocycles. The number of fused-ring (bicyclic) bond motifs is 1. The van der Waals surface area contributed by atoms with Gasteiger partial charge in [0, 0.05) is 6.42 Å². The normalized spacial score (nSPS) is 14.9. The predicted octanol–water partition coefficient (Wildman–Crippen LogP) is 4.01.